The summed E-state index contributed by atoms with van der Waals surface area (Å²) in [5, 5.41) is 3.41. The van der Waals surface area contributed by atoms with Crippen LogP contribution in [0, 0.1) is 5.82 Å². The molecule has 0 aromatic heterocycles. The number of unbranched alkanes of at least 4 members (excludes halogenated alkanes) is 1. The predicted molar refractivity (Wildman–Crippen MR) is 171 cm³/mol. The Hall–Kier alpha value is -4.21. The Balaban J connectivity index is 1.78. The van der Waals surface area contributed by atoms with Gasteiger partial charge < -0.3 is 10.2 Å². The van der Waals surface area contributed by atoms with E-state index in [4.69, 9.17) is 11.6 Å². The van der Waals surface area contributed by atoms with Gasteiger partial charge in [-0.2, -0.15) is 0 Å². The zero-order valence-corrected chi connectivity index (χ0v) is 26.0. The lowest BCUT2D eigenvalue weighted by Crippen LogP contribution is -2.53. The topological polar surface area (TPSA) is 86.8 Å². The fourth-order valence-electron chi connectivity index (χ4n) is 4.75. The minimum absolute atomic E-state index is 0.000728. The summed E-state index contributed by atoms with van der Waals surface area (Å²) in [6, 6.07) is 27.9. The van der Waals surface area contributed by atoms with E-state index in [1.165, 1.54) is 29.2 Å². The third-order valence-electron chi connectivity index (χ3n) is 7.07. The van der Waals surface area contributed by atoms with E-state index in [1.54, 1.807) is 42.5 Å². The minimum atomic E-state index is -4.26. The van der Waals surface area contributed by atoms with Crippen LogP contribution in [0.15, 0.2) is 114 Å². The van der Waals surface area contributed by atoms with E-state index in [0.29, 0.717) is 17.1 Å². The van der Waals surface area contributed by atoms with Gasteiger partial charge in [-0.05, 0) is 66.1 Å². The van der Waals surface area contributed by atoms with Crippen LogP contribution in [0.2, 0.25) is 5.02 Å². The first-order valence-electron chi connectivity index (χ1n) is 14.4. The SMILES string of the molecule is CCCCNC(=O)[C@@H](Cc1ccccc1)N(Cc1cccc(Cl)c1)C(=O)CN(c1ccc(F)cc1)S(=O)(=O)c1ccccc1. The van der Waals surface area contributed by atoms with Crippen LogP contribution >= 0.6 is 11.6 Å². The zero-order valence-electron chi connectivity index (χ0n) is 24.4. The molecule has 4 aromatic carbocycles. The van der Waals surface area contributed by atoms with Crippen LogP contribution in [0.25, 0.3) is 0 Å². The molecule has 44 heavy (non-hydrogen) atoms. The highest BCUT2D eigenvalue weighted by Gasteiger charge is 2.34. The molecule has 0 spiro atoms. The standard InChI is InChI=1S/C34H35ClFN3O4S/c1-2-3-21-37-34(41)32(23-26-11-6-4-7-12-26)38(24-27-13-10-14-28(35)22-27)33(40)25-39(30-19-17-29(36)18-20-30)44(42,43)31-15-8-5-9-16-31/h4-20,22,32H,2-3,21,23-25H2,1H3,(H,37,41)/t32-/m1/s1. The predicted octanol–water partition coefficient (Wildman–Crippen LogP) is 6.23. The fourth-order valence-corrected chi connectivity index (χ4v) is 6.40. The molecular formula is C34H35ClFN3O4S. The first-order valence-corrected chi connectivity index (χ1v) is 16.2. The quantitative estimate of drug-likeness (QED) is 0.166. The summed E-state index contributed by atoms with van der Waals surface area (Å²) in [4.78, 5) is 29.5. The summed E-state index contributed by atoms with van der Waals surface area (Å²) < 4.78 is 42.6. The highest BCUT2D eigenvalue weighted by atomic mass is 35.5. The van der Waals surface area contributed by atoms with Crippen molar-refractivity contribution in [1.82, 2.24) is 10.2 Å². The number of sulfonamides is 1. The van der Waals surface area contributed by atoms with Gasteiger partial charge in [-0.15, -0.1) is 0 Å². The maximum absolute atomic E-state index is 14.4. The smallest absolute Gasteiger partial charge is 0.264 e. The van der Waals surface area contributed by atoms with Gasteiger partial charge in [-0.25, -0.2) is 12.8 Å². The third-order valence-corrected chi connectivity index (χ3v) is 9.09. The first kappa shape index (κ1) is 32.7. The molecule has 0 unspecified atom stereocenters. The molecule has 0 aliphatic heterocycles. The van der Waals surface area contributed by atoms with Gasteiger partial charge in [0.25, 0.3) is 10.0 Å². The largest absolute Gasteiger partial charge is 0.354 e. The van der Waals surface area contributed by atoms with Crippen molar-refractivity contribution in [2.75, 3.05) is 17.4 Å². The molecule has 4 rings (SSSR count). The van der Waals surface area contributed by atoms with Crippen LogP contribution in [0.4, 0.5) is 10.1 Å². The van der Waals surface area contributed by atoms with Gasteiger partial charge in [0, 0.05) is 24.5 Å². The maximum Gasteiger partial charge on any atom is 0.264 e. The normalized spacial score (nSPS) is 11.9. The van der Waals surface area contributed by atoms with Crippen LogP contribution in [0.3, 0.4) is 0 Å². The van der Waals surface area contributed by atoms with E-state index in [2.05, 4.69) is 5.32 Å². The number of benzene rings is 4. The molecule has 4 aromatic rings. The second-order valence-electron chi connectivity index (χ2n) is 10.3. The second-order valence-corrected chi connectivity index (χ2v) is 12.6. The van der Waals surface area contributed by atoms with Gasteiger partial charge in [0.05, 0.1) is 10.6 Å². The summed E-state index contributed by atoms with van der Waals surface area (Å²) >= 11 is 6.27. The number of amides is 2. The van der Waals surface area contributed by atoms with Crippen molar-refractivity contribution < 1.29 is 22.4 Å². The molecule has 0 fully saturated rings. The van der Waals surface area contributed by atoms with Gasteiger partial charge in [-0.3, -0.25) is 13.9 Å². The Morgan fingerprint density at radius 3 is 2.14 bits per heavy atom. The molecule has 2 amide bonds. The summed E-state index contributed by atoms with van der Waals surface area (Å²) in [5.41, 5.74) is 1.61. The Morgan fingerprint density at radius 1 is 0.864 bits per heavy atom. The Morgan fingerprint density at radius 2 is 1.50 bits per heavy atom. The molecule has 0 saturated heterocycles. The summed E-state index contributed by atoms with van der Waals surface area (Å²) in [5.74, 6) is -1.51. The molecule has 0 aliphatic carbocycles. The number of carbonyl (C=O) groups is 2. The van der Waals surface area contributed by atoms with E-state index in [9.17, 15) is 22.4 Å². The molecule has 1 atom stereocenters. The second kappa shape index (κ2) is 15.5. The molecule has 0 aliphatic rings. The molecule has 7 nitrogen and oxygen atoms in total. The number of hydrogen-bond acceptors (Lipinski definition) is 4. The monoisotopic (exact) mass is 635 g/mol. The maximum atomic E-state index is 14.4. The van der Waals surface area contributed by atoms with Gasteiger partial charge in [0.15, 0.2) is 0 Å². The number of anilines is 1. The van der Waals surface area contributed by atoms with Crippen molar-refractivity contribution in [2.45, 2.75) is 43.7 Å². The van der Waals surface area contributed by atoms with Crippen LogP contribution < -0.4 is 9.62 Å². The molecule has 230 valence electrons. The molecule has 0 radical (unpaired) electrons. The molecule has 0 heterocycles. The van der Waals surface area contributed by atoms with Crippen molar-refractivity contribution in [2.24, 2.45) is 0 Å². The highest BCUT2D eigenvalue weighted by Crippen LogP contribution is 2.25. The van der Waals surface area contributed by atoms with Gasteiger partial charge in [0.2, 0.25) is 11.8 Å². The van der Waals surface area contributed by atoms with E-state index >= 15 is 0 Å². The van der Waals surface area contributed by atoms with Crippen molar-refractivity contribution in [3.8, 4) is 0 Å². The molecule has 0 bridgehead atoms. The summed E-state index contributed by atoms with van der Waals surface area (Å²) in [7, 11) is -4.26. The van der Waals surface area contributed by atoms with Crippen LogP contribution in [-0.4, -0.2) is 44.3 Å². The number of carbonyl (C=O) groups excluding carboxylic acids is 2. The Bertz CT molecular complexity index is 1640. The van der Waals surface area contributed by atoms with Crippen molar-refractivity contribution in [3.05, 3.63) is 131 Å². The van der Waals surface area contributed by atoms with Crippen LogP contribution in [0.5, 0.6) is 0 Å². The number of hydrogen-bond donors (Lipinski definition) is 1. The minimum Gasteiger partial charge on any atom is -0.354 e. The van der Waals surface area contributed by atoms with E-state index in [-0.39, 0.29) is 29.5 Å². The highest BCUT2D eigenvalue weighted by molar-refractivity contribution is 7.92. The molecule has 1 N–H and O–H groups in total. The van der Waals surface area contributed by atoms with Crippen LogP contribution in [-0.2, 0) is 32.6 Å². The average molecular weight is 636 g/mol. The third kappa shape index (κ3) is 8.67. The molecule has 10 heteroatoms. The Kier molecular flexibility index (Phi) is 11.5. The Labute approximate surface area is 263 Å². The lowest BCUT2D eigenvalue weighted by Gasteiger charge is -2.34. The van der Waals surface area contributed by atoms with Crippen LogP contribution in [0.1, 0.15) is 30.9 Å². The summed E-state index contributed by atoms with van der Waals surface area (Å²) in [6.07, 6.45) is 1.84. The number of nitrogens with one attached hydrogen (secondary N) is 1. The van der Waals surface area contributed by atoms with Gasteiger partial charge in [-0.1, -0.05) is 85.6 Å². The van der Waals surface area contributed by atoms with E-state index < -0.39 is 34.3 Å². The number of halogens is 2. The van der Waals surface area contributed by atoms with E-state index in [1.807, 2.05) is 37.3 Å². The number of nitrogens with zero attached hydrogens (tertiary/aromatic N) is 2. The zero-order chi connectivity index (χ0) is 31.5. The summed E-state index contributed by atoms with van der Waals surface area (Å²) in [6.45, 7) is 1.82. The lowest BCUT2D eigenvalue weighted by atomic mass is 10.0. The van der Waals surface area contributed by atoms with Gasteiger partial charge in [0.1, 0.15) is 18.4 Å². The first-order chi connectivity index (χ1) is 21.2. The van der Waals surface area contributed by atoms with Crippen molar-refractivity contribution >= 4 is 39.1 Å². The average Bonchev–Trinajstić information content (AvgIpc) is 3.03. The van der Waals surface area contributed by atoms with Crippen molar-refractivity contribution in [1.29, 1.82) is 0 Å². The van der Waals surface area contributed by atoms with Crippen molar-refractivity contribution in [3.63, 3.8) is 0 Å². The molecular weight excluding hydrogens is 601 g/mol. The lowest BCUT2D eigenvalue weighted by molar-refractivity contribution is -0.140. The van der Waals surface area contributed by atoms with E-state index in [0.717, 1.165) is 34.8 Å². The van der Waals surface area contributed by atoms with Gasteiger partial charge >= 0.3 is 0 Å². The molecule has 0 saturated carbocycles. The number of rotatable bonds is 14. The fraction of sp³-hybridized carbons (Fsp3) is 0.235.